The van der Waals surface area contributed by atoms with Crippen molar-refractivity contribution in [3.05, 3.63) is 17.8 Å². The van der Waals surface area contributed by atoms with E-state index in [1.807, 2.05) is 26.8 Å². The van der Waals surface area contributed by atoms with Crippen molar-refractivity contribution in [2.24, 2.45) is 5.73 Å². The van der Waals surface area contributed by atoms with Crippen LogP contribution in [0.4, 0.5) is 10.6 Å². The van der Waals surface area contributed by atoms with Crippen molar-refractivity contribution in [3.8, 4) is 5.75 Å². The van der Waals surface area contributed by atoms with E-state index >= 15 is 0 Å². The zero-order valence-electron chi connectivity index (χ0n) is 12.1. The molecular weight excluding hydrogens is 258 g/mol. The van der Waals surface area contributed by atoms with E-state index < -0.39 is 6.09 Å². The van der Waals surface area contributed by atoms with Crippen LogP contribution < -0.4 is 15.4 Å². The van der Waals surface area contributed by atoms with Gasteiger partial charge in [-0.05, 0) is 18.6 Å². The van der Waals surface area contributed by atoms with Gasteiger partial charge >= 0.3 is 6.09 Å². The first kappa shape index (κ1) is 14.4. The number of carbonyl (C=O) groups excluding carboxylic acids is 1. The quantitative estimate of drug-likeness (QED) is 0.849. The number of pyridine rings is 1. The zero-order chi connectivity index (χ0) is 14.7. The van der Waals surface area contributed by atoms with Crippen molar-refractivity contribution in [1.29, 1.82) is 0 Å². The van der Waals surface area contributed by atoms with Crippen LogP contribution in [-0.4, -0.2) is 36.4 Å². The first-order chi connectivity index (χ1) is 9.65. The minimum absolute atomic E-state index is 0.177. The highest BCUT2D eigenvalue weighted by Gasteiger charge is 2.39. The van der Waals surface area contributed by atoms with E-state index in [0.717, 1.165) is 23.6 Å². The highest BCUT2D eigenvalue weighted by atomic mass is 16.6. The Hall–Kier alpha value is -1.98. The van der Waals surface area contributed by atoms with Gasteiger partial charge in [-0.2, -0.15) is 0 Å². The number of nitrogens with two attached hydrogens (primary N) is 1. The third-order valence-electron chi connectivity index (χ3n) is 3.43. The van der Waals surface area contributed by atoms with Crippen LogP contribution in [0.25, 0.3) is 0 Å². The van der Waals surface area contributed by atoms with Gasteiger partial charge in [-0.3, -0.25) is 0 Å². The molecule has 1 saturated heterocycles. The lowest BCUT2D eigenvalue weighted by Gasteiger charge is -2.32. The minimum atomic E-state index is -0.724. The molecule has 3 rings (SSSR count). The molecule has 2 aliphatic heterocycles. The fourth-order valence-corrected chi connectivity index (χ4v) is 2.63. The third kappa shape index (κ3) is 2.64. The number of ether oxygens (including phenoxy) is 2. The summed E-state index contributed by atoms with van der Waals surface area (Å²) >= 11 is 0. The second-order valence-corrected chi connectivity index (χ2v) is 4.69. The second-order valence-electron chi connectivity index (χ2n) is 4.69. The Morgan fingerprint density at radius 3 is 3.00 bits per heavy atom. The van der Waals surface area contributed by atoms with Crippen LogP contribution in [0.2, 0.25) is 0 Å². The number of fused-ring (bicyclic) bond motifs is 3. The average molecular weight is 279 g/mol. The summed E-state index contributed by atoms with van der Waals surface area (Å²) < 4.78 is 10.8. The monoisotopic (exact) mass is 279 g/mol. The van der Waals surface area contributed by atoms with E-state index in [2.05, 4.69) is 9.88 Å². The molecule has 110 valence electrons. The number of aromatic nitrogens is 1. The second kappa shape index (κ2) is 5.98. The predicted octanol–water partition coefficient (Wildman–Crippen LogP) is 1.85. The van der Waals surface area contributed by atoms with E-state index in [-0.39, 0.29) is 12.1 Å². The molecule has 2 unspecified atom stereocenters. The third-order valence-corrected chi connectivity index (χ3v) is 3.43. The number of nitrogens with zero attached hydrogens (tertiary/aromatic N) is 2. The van der Waals surface area contributed by atoms with Gasteiger partial charge in [-0.15, -0.1) is 0 Å². The molecule has 2 N–H and O–H groups in total. The van der Waals surface area contributed by atoms with E-state index in [1.54, 1.807) is 6.20 Å². The van der Waals surface area contributed by atoms with Crippen LogP contribution in [0, 0.1) is 6.92 Å². The zero-order valence-corrected chi connectivity index (χ0v) is 12.1. The molecule has 1 fully saturated rings. The summed E-state index contributed by atoms with van der Waals surface area (Å²) in [6.07, 6.45) is 1.60. The number of hydrogen-bond acceptors (Lipinski definition) is 5. The van der Waals surface area contributed by atoms with Crippen LogP contribution >= 0.6 is 0 Å². The van der Waals surface area contributed by atoms with Crippen LogP contribution in [-0.2, 0) is 4.74 Å². The Labute approximate surface area is 118 Å². The molecule has 0 saturated carbocycles. The van der Waals surface area contributed by atoms with Crippen molar-refractivity contribution in [1.82, 2.24) is 4.98 Å². The van der Waals surface area contributed by atoms with Crippen molar-refractivity contribution >= 4 is 11.9 Å². The molecule has 0 radical (unpaired) electrons. The summed E-state index contributed by atoms with van der Waals surface area (Å²) in [6, 6.07) is 2.13. The van der Waals surface area contributed by atoms with Gasteiger partial charge in [0.15, 0.2) is 11.6 Å². The number of primary amides is 1. The number of carbonyl (C=O) groups is 1. The Morgan fingerprint density at radius 2 is 2.30 bits per heavy atom. The van der Waals surface area contributed by atoms with Crippen molar-refractivity contribution in [3.63, 3.8) is 0 Å². The van der Waals surface area contributed by atoms with Crippen molar-refractivity contribution in [2.45, 2.75) is 39.3 Å². The number of anilines is 1. The standard InChI is InChI=1S/C12H15N3O3.C2H6/c1-7-2-3-14-11-10(7)17-6-8-4-9(5-15(8)11)18-12(13)16;1-2/h2-3,8-9H,4-6H2,1H3,(H2,13,16);1-2H3. The molecule has 0 aliphatic carbocycles. The van der Waals surface area contributed by atoms with Gasteiger partial charge in [-0.25, -0.2) is 9.78 Å². The number of amides is 1. The molecule has 0 aromatic carbocycles. The molecule has 20 heavy (non-hydrogen) atoms. The molecule has 6 heteroatoms. The average Bonchev–Trinajstić information content (AvgIpc) is 2.83. The van der Waals surface area contributed by atoms with E-state index in [9.17, 15) is 4.79 Å². The molecule has 1 amide bonds. The van der Waals surface area contributed by atoms with Crippen LogP contribution in [0.5, 0.6) is 5.75 Å². The minimum Gasteiger partial charge on any atom is -0.487 e. The van der Waals surface area contributed by atoms with Gasteiger partial charge in [0.1, 0.15) is 12.7 Å². The van der Waals surface area contributed by atoms with E-state index in [4.69, 9.17) is 15.2 Å². The maximum absolute atomic E-state index is 10.8. The molecule has 3 heterocycles. The number of hydrogen-bond donors (Lipinski definition) is 1. The van der Waals surface area contributed by atoms with Crippen molar-refractivity contribution in [2.75, 3.05) is 18.1 Å². The lowest BCUT2D eigenvalue weighted by molar-refractivity contribution is 0.114. The van der Waals surface area contributed by atoms with Gasteiger partial charge in [0, 0.05) is 12.6 Å². The Bertz CT molecular complexity index is 493. The molecule has 2 atom stereocenters. The van der Waals surface area contributed by atoms with Crippen LogP contribution in [0.3, 0.4) is 0 Å². The smallest absolute Gasteiger partial charge is 0.404 e. The fourth-order valence-electron chi connectivity index (χ4n) is 2.63. The maximum Gasteiger partial charge on any atom is 0.404 e. The lowest BCUT2D eigenvalue weighted by Crippen LogP contribution is -2.39. The SMILES string of the molecule is CC.Cc1ccnc2c1OCC1CC(OC(N)=O)CN21. The molecule has 1 aromatic heterocycles. The largest absolute Gasteiger partial charge is 0.487 e. The first-order valence-corrected chi connectivity index (χ1v) is 6.96. The van der Waals surface area contributed by atoms with Gasteiger partial charge in [0.2, 0.25) is 0 Å². The number of rotatable bonds is 1. The number of aryl methyl sites for hydroxylation is 1. The molecule has 0 bridgehead atoms. The normalized spacial score (nSPS) is 22.9. The summed E-state index contributed by atoms with van der Waals surface area (Å²) in [5.74, 6) is 1.66. The molecule has 1 aromatic rings. The Balaban J connectivity index is 0.000000704. The van der Waals surface area contributed by atoms with Gasteiger partial charge < -0.3 is 20.1 Å². The Morgan fingerprint density at radius 1 is 1.55 bits per heavy atom. The summed E-state index contributed by atoms with van der Waals surface area (Å²) in [7, 11) is 0. The van der Waals surface area contributed by atoms with Crippen LogP contribution in [0.15, 0.2) is 12.3 Å². The van der Waals surface area contributed by atoms with Crippen LogP contribution in [0.1, 0.15) is 25.8 Å². The molecular formula is C14H21N3O3. The highest BCUT2D eigenvalue weighted by Crippen LogP contribution is 2.38. The summed E-state index contributed by atoms with van der Waals surface area (Å²) in [5, 5.41) is 0. The highest BCUT2D eigenvalue weighted by molar-refractivity contribution is 5.65. The predicted molar refractivity (Wildman–Crippen MR) is 76.0 cm³/mol. The molecule has 6 nitrogen and oxygen atoms in total. The summed E-state index contributed by atoms with van der Waals surface area (Å²) in [6.45, 7) is 7.22. The lowest BCUT2D eigenvalue weighted by atomic mass is 10.1. The summed E-state index contributed by atoms with van der Waals surface area (Å²) in [5.41, 5.74) is 6.12. The van der Waals surface area contributed by atoms with Gasteiger partial charge in [0.05, 0.1) is 12.6 Å². The van der Waals surface area contributed by atoms with Gasteiger partial charge in [-0.1, -0.05) is 13.8 Å². The van der Waals surface area contributed by atoms with Gasteiger partial charge in [0.25, 0.3) is 0 Å². The fraction of sp³-hybridized carbons (Fsp3) is 0.571. The van der Waals surface area contributed by atoms with Crippen molar-refractivity contribution < 1.29 is 14.3 Å². The topological polar surface area (TPSA) is 77.7 Å². The molecule has 2 aliphatic rings. The van der Waals surface area contributed by atoms with E-state index in [1.165, 1.54) is 0 Å². The van der Waals surface area contributed by atoms with E-state index in [0.29, 0.717) is 13.2 Å². The first-order valence-electron chi connectivity index (χ1n) is 6.96. The Kier molecular flexibility index (Phi) is 4.32. The summed E-state index contributed by atoms with van der Waals surface area (Å²) in [4.78, 5) is 17.3. The molecule has 0 spiro atoms. The maximum atomic E-state index is 10.8.